The summed E-state index contributed by atoms with van der Waals surface area (Å²) < 4.78 is 17.8. The van der Waals surface area contributed by atoms with E-state index in [9.17, 15) is 9.18 Å². The summed E-state index contributed by atoms with van der Waals surface area (Å²) >= 11 is 0. The van der Waals surface area contributed by atoms with E-state index in [0.29, 0.717) is 5.56 Å². The van der Waals surface area contributed by atoms with Gasteiger partial charge in [-0.3, -0.25) is 0 Å². The zero-order valence-corrected chi connectivity index (χ0v) is 7.80. The highest BCUT2D eigenvalue weighted by atomic mass is 19.1. The summed E-state index contributed by atoms with van der Waals surface area (Å²) in [6, 6.07) is 4.58. The molecule has 0 saturated heterocycles. The lowest BCUT2D eigenvalue weighted by molar-refractivity contribution is 0.0595. The Hall–Kier alpha value is -1.89. The molecule has 0 saturated carbocycles. The van der Waals surface area contributed by atoms with Crippen LogP contribution in [0.3, 0.4) is 0 Å². The summed E-state index contributed by atoms with van der Waals surface area (Å²) in [6.45, 7) is 1.52. The third kappa shape index (κ3) is 1.57. The molecule has 0 aromatic heterocycles. The maximum Gasteiger partial charge on any atom is 0.342 e. The van der Waals surface area contributed by atoms with E-state index >= 15 is 0 Å². The molecule has 0 N–H and O–H groups in total. The van der Waals surface area contributed by atoms with Crippen molar-refractivity contribution in [3.63, 3.8) is 0 Å². The lowest BCUT2D eigenvalue weighted by atomic mass is 10.0. The normalized spacial score (nSPS) is 9.29. The third-order valence-corrected chi connectivity index (χ3v) is 1.85. The molecule has 3 nitrogen and oxygen atoms in total. The van der Waals surface area contributed by atoms with E-state index in [0.717, 1.165) is 7.11 Å². The van der Waals surface area contributed by atoms with E-state index in [-0.39, 0.29) is 11.1 Å². The van der Waals surface area contributed by atoms with Crippen molar-refractivity contribution >= 4 is 5.97 Å². The van der Waals surface area contributed by atoms with Gasteiger partial charge in [-0.15, -0.1) is 0 Å². The van der Waals surface area contributed by atoms with E-state index in [2.05, 4.69) is 4.74 Å². The molecule has 0 atom stereocenters. The molecule has 0 unspecified atom stereocenters. The highest BCUT2D eigenvalue weighted by Gasteiger charge is 2.18. The molecule has 0 heterocycles. The summed E-state index contributed by atoms with van der Waals surface area (Å²) in [7, 11) is 1.14. The quantitative estimate of drug-likeness (QED) is 0.639. The molecule has 0 aliphatic carbocycles. The van der Waals surface area contributed by atoms with Gasteiger partial charge in [0.05, 0.1) is 12.7 Å². The summed E-state index contributed by atoms with van der Waals surface area (Å²) in [5.41, 5.74) is -0.000602. The number of nitrogens with zero attached hydrogens (tertiary/aromatic N) is 1. The van der Waals surface area contributed by atoms with Crippen molar-refractivity contribution in [2.45, 2.75) is 6.92 Å². The first-order valence-corrected chi connectivity index (χ1v) is 3.89. The summed E-state index contributed by atoms with van der Waals surface area (Å²) in [5.74, 6) is -1.53. The smallest absolute Gasteiger partial charge is 0.342 e. The summed E-state index contributed by atoms with van der Waals surface area (Å²) in [6.07, 6.45) is 0. The molecule has 72 valence electrons. The van der Waals surface area contributed by atoms with Crippen LogP contribution in [0, 0.1) is 24.1 Å². The number of rotatable bonds is 1. The second kappa shape index (κ2) is 3.88. The minimum atomic E-state index is -0.831. The van der Waals surface area contributed by atoms with Crippen LogP contribution >= 0.6 is 0 Å². The van der Waals surface area contributed by atoms with Crippen molar-refractivity contribution in [1.82, 2.24) is 0 Å². The van der Waals surface area contributed by atoms with Crippen LogP contribution in [0.5, 0.6) is 0 Å². The first-order chi connectivity index (χ1) is 6.61. The van der Waals surface area contributed by atoms with Crippen LogP contribution in [0.25, 0.3) is 0 Å². The highest BCUT2D eigenvalue weighted by Crippen LogP contribution is 2.17. The molecule has 0 aliphatic heterocycles. The molecule has 1 aromatic rings. The molecule has 0 radical (unpaired) electrons. The summed E-state index contributed by atoms with van der Waals surface area (Å²) in [5, 5.41) is 8.65. The van der Waals surface area contributed by atoms with Gasteiger partial charge in [0.1, 0.15) is 17.4 Å². The van der Waals surface area contributed by atoms with Crippen LogP contribution in [0.15, 0.2) is 12.1 Å². The number of carbonyl (C=O) groups excluding carboxylic acids is 1. The predicted molar refractivity (Wildman–Crippen MR) is 47.2 cm³/mol. The number of nitriles is 1. The van der Waals surface area contributed by atoms with E-state index in [1.165, 1.54) is 19.1 Å². The molecule has 0 aliphatic rings. The Morgan fingerprint density at radius 1 is 1.57 bits per heavy atom. The molecule has 0 fully saturated rings. The first kappa shape index (κ1) is 10.2. The second-order valence-corrected chi connectivity index (χ2v) is 2.72. The van der Waals surface area contributed by atoms with Gasteiger partial charge in [0.15, 0.2) is 0 Å². The number of carbonyl (C=O) groups is 1. The van der Waals surface area contributed by atoms with Crippen molar-refractivity contribution in [2.75, 3.05) is 7.11 Å². The Morgan fingerprint density at radius 2 is 2.21 bits per heavy atom. The second-order valence-electron chi connectivity index (χ2n) is 2.72. The maximum atomic E-state index is 13.4. The van der Waals surface area contributed by atoms with Gasteiger partial charge in [-0.25, -0.2) is 9.18 Å². The van der Waals surface area contributed by atoms with Crippen LogP contribution < -0.4 is 0 Å². The average molecular weight is 193 g/mol. The number of benzene rings is 1. The minimum Gasteiger partial charge on any atom is -0.465 e. The fourth-order valence-electron chi connectivity index (χ4n) is 1.08. The fraction of sp³-hybridized carbons (Fsp3) is 0.200. The van der Waals surface area contributed by atoms with Gasteiger partial charge in [-0.05, 0) is 18.6 Å². The van der Waals surface area contributed by atoms with Crippen molar-refractivity contribution in [1.29, 1.82) is 5.26 Å². The molecule has 0 bridgehead atoms. The number of esters is 1. The predicted octanol–water partition coefficient (Wildman–Crippen LogP) is 1.79. The van der Waals surface area contributed by atoms with Gasteiger partial charge in [0.25, 0.3) is 0 Å². The van der Waals surface area contributed by atoms with Gasteiger partial charge in [-0.1, -0.05) is 6.07 Å². The third-order valence-electron chi connectivity index (χ3n) is 1.85. The monoisotopic (exact) mass is 193 g/mol. The number of ether oxygens (including phenoxy) is 1. The van der Waals surface area contributed by atoms with E-state index in [4.69, 9.17) is 5.26 Å². The zero-order valence-electron chi connectivity index (χ0n) is 7.80. The number of methoxy groups -OCH3 is 1. The Balaban J connectivity index is 3.45. The van der Waals surface area contributed by atoms with Gasteiger partial charge in [-0.2, -0.15) is 5.26 Å². The molecule has 4 heteroatoms. The molecular weight excluding hydrogens is 185 g/mol. The topological polar surface area (TPSA) is 50.1 Å². The molecule has 0 amide bonds. The van der Waals surface area contributed by atoms with Crippen molar-refractivity contribution in [3.05, 3.63) is 34.6 Å². The molecule has 1 aromatic carbocycles. The molecule has 1 rings (SSSR count). The molecule has 0 spiro atoms. The number of hydrogen-bond donors (Lipinski definition) is 0. The summed E-state index contributed by atoms with van der Waals surface area (Å²) in [4.78, 5) is 11.2. The van der Waals surface area contributed by atoms with Crippen molar-refractivity contribution in [2.24, 2.45) is 0 Å². The average Bonchev–Trinajstić information content (AvgIpc) is 2.20. The van der Waals surface area contributed by atoms with E-state index in [1.807, 2.05) is 0 Å². The Labute approximate surface area is 80.7 Å². The minimum absolute atomic E-state index is 0.0139. The van der Waals surface area contributed by atoms with Crippen molar-refractivity contribution < 1.29 is 13.9 Å². The van der Waals surface area contributed by atoms with Gasteiger partial charge < -0.3 is 4.74 Å². The lowest BCUT2D eigenvalue weighted by Crippen LogP contribution is -2.08. The van der Waals surface area contributed by atoms with Gasteiger partial charge in [0, 0.05) is 0 Å². The molecular formula is C10H8FNO2. The fourth-order valence-corrected chi connectivity index (χ4v) is 1.08. The van der Waals surface area contributed by atoms with Crippen LogP contribution in [0.2, 0.25) is 0 Å². The largest absolute Gasteiger partial charge is 0.465 e. The zero-order chi connectivity index (χ0) is 10.7. The highest BCUT2D eigenvalue weighted by molar-refractivity contribution is 5.92. The molecule has 14 heavy (non-hydrogen) atoms. The Kier molecular flexibility index (Phi) is 2.82. The van der Waals surface area contributed by atoms with Crippen LogP contribution in [0.1, 0.15) is 21.5 Å². The standard InChI is InChI=1S/C10H8FNO2/c1-6-3-4-7(5-12)8(9(6)11)10(13)14-2/h3-4H,1-2H3. The Morgan fingerprint density at radius 3 is 2.71 bits per heavy atom. The first-order valence-electron chi connectivity index (χ1n) is 3.89. The number of hydrogen-bond acceptors (Lipinski definition) is 3. The van der Waals surface area contributed by atoms with Crippen LogP contribution in [0.4, 0.5) is 4.39 Å². The van der Waals surface area contributed by atoms with Gasteiger partial charge in [0.2, 0.25) is 0 Å². The Bertz CT molecular complexity index is 421. The number of aryl methyl sites for hydroxylation is 1. The van der Waals surface area contributed by atoms with Crippen LogP contribution in [-0.2, 0) is 4.74 Å². The maximum absolute atomic E-state index is 13.4. The number of halogens is 1. The lowest BCUT2D eigenvalue weighted by Gasteiger charge is -2.05. The van der Waals surface area contributed by atoms with Crippen LogP contribution in [-0.4, -0.2) is 13.1 Å². The SMILES string of the molecule is COC(=O)c1c(C#N)ccc(C)c1F. The van der Waals surface area contributed by atoms with E-state index < -0.39 is 11.8 Å². The van der Waals surface area contributed by atoms with Crippen molar-refractivity contribution in [3.8, 4) is 6.07 Å². The van der Waals surface area contributed by atoms with E-state index in [1.54, 1.807) is 6.07 Å². The van der Waals surface area contributed by atoms with Gasteiger partial charge >= 0.3 is 5.97 Å².